The Balaban J connectivity index is 1.62. The summed E-state index contributed by atoms with van der Waals surface area (Å²) in [5.74, 6) is -0.643. The van der Waals surface area contributed by atoms with Crippen LogP contribution >= 0.6 is 0 Å². The van der Waals surface area contributed by atoms with Gasteiger partial charge in [-0.05, 0) is 31.7 Å². The van der Waals surface area contributed by atoms with Gasteiger partial charge in [0.15, 0.2) is 6.29 Å². The summed E-state index contributed by atoms with van der Waals surface area (Å²) in [7, 11) is 0. The molecule has 4 rings (SSSR count). The highest BCUT2D eigenvalue weighted by atomic mass is 16.7. The molecule has 252 valence electrons. The third-order valence-corrected chi connectivity index (χ3v) is 9.58. The third kappa shape index (κ3) is 7.50. The van der Waals surface area contributed by atoms with Gasteiger partial charge in [0.05, 0.1) is 56.3 Å². The molecule has 4 fully saturated rings. The quantitative estimate of drug-likeness (QED) is 0.0958. The van der Waals surface area contributed by atoms with Gasteiger partial charge < -0.3 is 88.6 Å². The average molecular weight is 625 g/mol. The Kier molecular flexibility index (Phi) is 12.5. The lowest BCUT2D eigenvalue weighted by Gasteiger charge is -2.53. The van der Waals surface area contributed by atoms with Crippen LogP contribution in [-0.2, 0) is 14.2 Å². The molecule has 0 radical (unpaired) electrons. The van der Waals surface area contributed by atoms with Gasteiger partial charge in [-0.15, -0.1) is 0 Å². The second-order valence-corrected chi connectivity index (χ2v) is 12.6. The maximum Gasteiger partial charge on any atom is 0.186 e. The van der Waals surface area contributed by atoms with E-state index in [1.807, 2.05) is 0 Å². The Hall–Kier alpha value is -0.680. The zero-order valence-electron chi connectivity index (χ0n) is 24.2. The van der Waals surface area contributed by atoms with Crippen LogP contribution in [0, 0.1) is 11.8 Å². The standard InChI is InChI=1S/C26H52N6O11/c27-4-14-20(37)23(40)18(31-5-9-1-10(28)2-9)25(41-14)16-12(29)3-13(32-11(6-33)7-34)24(21(16)38)43-26-22(39)17(30)19(36)15(8-35)42-26/h9-26,31-40H,1-8,27-30H2. The van der Waals surface area contributed by atoms with Crippen LogP contribution in [0.1, 0.15) is 19.3 Å². The molecule has 15 unspecified atom stereocenters. The lowest BCUT2D eigenvalue weighted by atomic mass is 9.71. The zero-order valence-corrected chi connectivity index (χ0v) is 24.2. The van der Waals surface area contributed by atoms with Crippen molar-refractivity contribution in [2.45, 2.75) is 117 Å². The highest BCUT2D eigenvalue weighted by Crippen LogP contribution is 2.38. The summed E-state index contributed by atoms with van der Waals surface area (Å²) in [6.07, 6.45) is -11.0. The van der Waals surface area contributed by atoms with Gasteiger partial charge in [-0.1, -0.05) is 0 Å². The number of aliphatic hydroxyl groups is 8. The maximum atomic E-state index is 11.9. The largest absolute Gasteiger partial charge is 0.395 e. The van der Waals surface area contributed by atoms with E-state index in [1.165, 1.54) is 0 Å². The van der Waals surface area contributed by atoms with Crippen LogP contribution < -0.4 is 33.6 Å². The molecule has 2 saturated carbocycles. The minimum atomic E-state index is -1.54. The summed E-state index contributed by atoms with van der Waals surface area (Å²) in [4.78, 5) is 0. The van der Waals surface area contributed by atoms with E-state index in [9.17, 15) is 40.9 Å². The minimum Gasteiger partial charge on any atom is -0.395 e. The van der Waals surface area contributed by atoms with Crippen molar-refractivity contribution in [2.24, 2.45) is 34.8 Å². The van der Waals surface area contributed by atoms with Crippen LogP contribution in [0.5, 0.6) is 0 Å². The van der Waals surface area contributed by atoms with E-state index < -0.39 is 117 Å². The van der Waals surface area contributed by atoms with Crippen molar-refractivity contribution in [1.29, 1.82) is 0 Å². The van der Waals surface area contributed by atoms with Crippen molar-refractivity contribution in [1.82, 2.24) is 10.6 Å². The van der Waals surface area contributed by atoms with E-state index in [0.29, 0.717) is 6.54 Å². The summed E-state index contributed by atoms with van der Waals surface area (Å²) in [6, 6.07) is -4.34. The van der Waals surface area contributed by atoms with E-state index >= 15 is 0 Å². The zero-order chi connectivity index (χ0) is 31.6. The summed E-state index contributed by atoms with van der Waals surface area (Å²) in [5.41, 5.74) is 24.4. The Bertz CT molecular complexity index is 858. The summed E-state index contributed by atoms with van der Waals surface area (Å²) < 4.78 is 17.9. The molecule has 0 aromatic rings. The van der Waals surface area contributed by atoms with Crippen LogP contribution in [0.3, 0.4) is 0 Å². The molecule has 0 aromatic heterocycles. The molecule has 2 aliphatic heterocycles. The third-order valence-electron chi connectivity index (χ3n) is 9.58. The van der Waals surface area contributed by atoms with Crippen molar-refractivity contribution < 1.29 is 55.1 Å². The first-order chi connectivity index (χ1) is 20.4. The van der Waals surface area contributed by atoms with Gasteiger partial charge in [0, 0.05) is 30.6 Å². The second-order valence-electron chi connectivity index (χ2n) is 12.6. The first-order valence-corrected chi connectivity index (χ1v) is 15.1. The van der Waals surface area contributed by atoms with Crippen LogP contribution in [0.25, 0.3) is 0 Å². The topological polar surface area (TPSA) is 318 Å². The van der Waals surface area contributed by atoms with Crippen molar-refractivity contribution in [3.63, 3.8) is 0 Å². The summed E-state index contributed by atoms with van der Waals surface area (Å²) in [5, 5.41) is 90.3. The number of aliphatic hydroxyl groups excluding tert-OH is 8. The van der Waals surface area contributed by atoms with Crippen LogP contribution in [0.15, 0.2) is 0 Å². The molecule has 0 amide bonds. The molecule has 17 nitrogen and oxygen atoms in total. The highest BCUT2D eigenvalue weighted by molar-refractivity contribution is 5.09. The number of nitrogens with two attached hydrogens (primary N) is 4. The number of ether oxygens (including phenoxy) is 3. The molecule has 4 aliphatic rings. The number of rotatable bonds is 12. The molecule has 0 bridgehead atoms. The Labute approximate surface area is 250 Å². The minimum absolute atomic E-state index is 0.108. The molecule has 0 spiro atoms. The van der Waals surface area contributed by atoms with E-state index in [0.717, 1.165) is 12.8 Å². The summed E-state index contributed by atoms with van der Waals surface area (Å²) in [6.45, 7) is -1.12. The smallest absolute Gasteiger partial charge is 0.186 e. The number of hydrogen-bond donors (Lipinski definition) is 14. The van der Waals surface area contributed by atoms with Gasteiger partial charge in [-0.2, -0.15) is 0 Å². The molecule has 15 atom stereocenters. The van der Waals surface area contributed by atoms with Crippen molar-refractivity contribution >= 4 is 0 Å². The predicted octanol–water partition coefficient (Wildman–Crippen LogP) is -7.70. The molecule has 43 heavy (non-hydrogen) atoms. The first kappa shape index (κ1) is 35.2. The fraction of sp³-hybridized carbons (Fsp3) is 1.00. The monoisotopic (exact) mass is 624 g/mol. The molecular weight excluding hydrogens is 572 g/mol. The first-order valence-electron chi connectivity index (χ1n) is 15.1. The molecule has 17 heteroatoms. The SMILES string of the molecule is NCC1OC(C2C(N)CC(NC(CO)CO)C(OC3OC(CO)C(O)C(N)C3O)C2O)C(NCC2CC(N)C2)C(O)C1O. The van der Waals surface area contributed by atoms with E-state index in [1.54, 1.807) is 0 Å². The van der Waals surface area contributed by atoms with Gasteiger partial charge >= 0.3 is 0 Å². The van der Waals surface area contributed by atoms with Crippen molar-refractivity contribution in [2.75, 3.05) is 32.9 Å². The van der Waals surface area contributed by atoms with Crippen molar-refractivity contribution in [3.8, 4) is 0 Å². The van der Waals surface area contributed by atoms with Gasteiger partial charge in [0.1, 0.15) is 36.6 Å². The van der Waals surface area contributed by atoms with E-state index in [2.05, 4.69) is 10.6 Å². The average Bonchev–Trinajstić information content (AvgIpc) is 2.97. The Morgan fingerprint density at radius 2 is 1.49 bits per heavy atom. The molecule has 2 aliphatic carbocycles. The van der Waals surface area contributed by atoms with E-state index in [4.69, 9.17) is 37.1 Å². The Morgan fingerprint density at radius 3 is 2.07 bits per heavy atom. The van der Waals surface area contributed by atoms with E-state index in [-0.39, 0.29) is 24.9 Å². The van der Waals surface area contributed by atoms with Crippen LogP contribution in [0.2, 0.25) is 0 Å². The molecular formula is C26H52N6O11. The van der Waals surface area contributed by atoms with Gasteiger partial charge in [0.25, 0.3) is 0 Å². The molecule has 2 saturated heterocycles. The molecule has 2 heterocycles. The van der Waals surface area contributed by atoms with Gasteiger partial charge in [-0.25, -0.2) is 0 Å². The number of hydrogen-bond acceptors (Lipinski definition) is 17. The van der Waals surface area contributed by atoms with Gasteiger partial charge in [-0.3, -0.25) is 0 Å². The van der Waals surface area contributed by atoms with Gasteiger partial charge in [0.2, 0.25) is 0 Å². The second kappa shape index (κ2) is 15.3. The Morgan fingerprint density at radius 1 is 0.814 bits per heavy atom. The highest BCUT2D eigenvalue weighted by Gasteiger charge is 2.56. The maximum absolute atomic E-state index is 11.9. The normalized spacial score (nSPS) is 49.2. The fourth-order valence-electron chi connectivity index (χ4n) is 6.93. The van der Waals surface area contributed by atoms with Crippen LogP contribution in [-0.4, -0.2) is 171 Å². The molecule has 0 aromatic carbocycles. The predicted molar refractivity (Wildman–Crippen MR) is 150 cm³/mol. The van der Waals surface area contributed by atoms with Crippen LogP contribution in [0.4, 0.5) is 0 Å². The summed E-state index contributed by atoms with van der Waals surface area (Å²) >= 11 is 0. The van der Waals surface area contributed by atoms with Crippen molar-refractivity contribution in [3.05, 3.63) is 0 Å². The fourth-order valence-corrected chi connectivity index (χ4v) is 6.93. The number of nitrogens with one attached hydrogen (secondary N) is 2. The lowest BCUT2D eigenvalue weighted by Crippen LogP contribution is -2.73. The lowest BCUT2D eigenvalue weighted by molar-refractivity contribution is -0.308. The molecule has 18 N–H and O–H groups in total.